The van der Waals surface area contributed by atoms with E-state index >= 15 is 0 Å². The van der Waals surface area contributed by atoms with E-state index in [4.69, 9.17) is 21.1 Å². The van der Waals surface area contributed by atoms with Crippen LogP contribution in [0, 0.1) is 0 Å². The number of methoxy groups -OCH3 is 2. The molecule has 0 bridgehead atoms. The van der Waals surface area contributed by atoms with E-state index in [0.29, 0.717) is 16.9 Å². The first-order valence-electron chi connectivity index (χ1n) is 10.8. The topological polar surface area (TPSA) is 118 Å². The maximum atomic E-state index is 13.3. The van der Waals surface area contributed by atoms with E-state index in [1.165, 1.54) is 50.6 Å². The molecule has 2 aromatic carbocycles. The molecule has 0 aliphatic carbocycles. The van der Waals surface area contributed by atoms with Gasteiger partial charge >= 0.3 is 0 Å². The third-order valence-corrected chi connectivity index (χ3v) is 5.96. The molecule has 36 heavy (non-hydrogen) atoms. The predicted octanol–water partition coefficient (Wildman–Crippen LogP) is 4.34. The van der Waals surface area contributed by atoms with E-state index < -0.39 is 23.5 Å². The van der Waals surface area contributed by atoms with E-state index in [1.54, 1.807) is 36.4 Å². The molecule has 2 N–H and O–H groups in total. The number of aromatic nitrogens is 1. The van der Waals surface area contributed by atoms with Gasteiger partial charge in [0.15, 0.2) is 0 Å². The summed E-state index contributed by atoms with van der Waals surface area (Å²) in [6.45, 7) is 1.38. The molecule has 3 aromatic rings. The van der Waals surface area contributed by atoms with Crippen molar-refractivity contribution in [3.05, 3.63) is 82.6 Å². The molecule has 1 atom stereocenters. The van der Waals surface area contributed by atoms with Crippen molar-refractivity contribution in [1.29, 1.82) is 0 Å². The van der Waals surface area contributed by atoms with Crippen LogP contribution in [0.3, 0.4) is 0 Å². The molecule has 1 aliphatic heterocycles. The Hall–Kier alpha value is -4.37. The van der Waals surface area contributed by atoms with Crippen LogP contribution in [-0.2, 0) is 14.4 Å². The molecule has 1 aromatic heterocycles. The zero-order valence-corrected chi connectivity index (χ0v) is 20.4. The Morgan fingerprint density at radius 2 is 1.67 bits per heavy atom. The number of anilines is 2. The Morgan fingerprint density at radius 3 is 2.25 bits per heavy atom. The van der Waals surface area contributed by atoms with Gasteiger partial charge in [-0.2, -0.15) is 0 Å². The zero-order chi connectivity index (χ0) is 26.0. The number of hydrogen-bond donors (Lipinski definition) is 2. The molecule has 0 radical (unpaired) electrons. The van der Waals surface area contributed by atoms with Crippen LogP contribution in [0.1, 0.15) is 24.1 Å². The fraction of sp³-hybridized carbons (Fsp3) is 0.154. The van der Waals surface area contributed by atoms with Gasteiger partial charge in [0.05, 0.1) is 36.4 Å². The number of rotatable bonds is 6. The molecule has 9 nitrogen and oxygen atoms in total. The number of benzene rings is 2. The standard InChI is InChI=1S/C26H22ClN3O6/c1-14(31)29-16-4-6-17(7-5-16)30-23(15-8-10-28-11-9-15)22(25(33)26(30)34)24(32)18-12-21(36-3)19(27)13-20(18)35-2/h4-13,23,32H,1-3H3,(H,29,31)/b24-22+. The summed E-state index contributed by atoms with van der Waals surface area (Å²) >= 11 is 6.20. The van der Waals surface area contributed by atoms with Gasteiger partial charge in [0, 0.05) is 36.8 Å². The van der Waals surface area contributed by atoms with Crippen molar-refractivity contribution in [2.75, 3.05) is 24.4 Å². The van der Waals surface area contributed by atoms with Crippen molar-refractivity contribution in [3.8, 4) is 11.5 Å². The van der Waals surface area contributed by atoms with Gasteiger partial charge in [-0.25, -0.2) is 0 Å². The molecule has 1 fully saturated rings. The third-order valence-electron chi connectivity index (χ3n) is 5.66. The van der Waals surface area contributed by atoms with Crippen LogP contribution < -0.4 is 19.7 Å². The smallest absolute Gasteiger partial charge is 0.300 e. The number of nitrogens with one attached hydrogen (secondary N) is 1. The number of Topliss-reactive ketones (excluding diaryl/α,β-unsaturated/α-hetero) is 1. The van der Waals surface area contributed by atoms with Crippen molar-refractivity contribution < 1.29 is 29.0 Å². The van der Waals surface area contributed by atoms with E-state index in [9.17, 15) is 19.5 Å². The summed E-state index contributed by atoms with van der Waals surface area (Å²) in [6.07, 6.45) is 3.06. The molecule has 0 saturated carbocycles. The average molecular weight is 508 g/mol. The molecular weight excluding hydrogens is 486 g/mol. The summed E-state index contributed by atoms with van der Waals surface area (Å²) in [7, 11) is 2.81. The van der Waals surface area contributed by atoms with Gasteiger partial charge in [-0.1, -0.05) is 11.6 Å². The number of ketones is 1. The number of amides is 2. The highest BCUT2D eigenvalue weighted by atomic mass is 35.5. The van der Waals surface area contributed by atoms with Crippen LogP contribution in [-0.4, -0.2) is 41.9 Å². The number of carbonyl (C=O) groups is 3. The molecule has 4 rings (SSSR count). The minimum atomic E-state index is -0.967. The quantitative estimate of drug-likeness (QED) is 0.289. The highest BCUT2D eigenvalue weighted by molar-refractivity contribution is 6.51. The molecule has 1 aliphatic rings. The summed E-state index contributed by atoms with van der Waals surface area (Å²) in [5, 5.41) is 14.3. The highest BCUT2D eigenvalue weighted by Crippen LogP contribution is 2.44. The number of halogens is 1. The Kier molecular flexibility index (Phi) is 6.93. The first-order valence-corrected chi connectivity index (χ1v) is 11.1. The second-order valence-electron chi connectivity index (χ2n) is 7.86. The highest BCUT2D eigenvalue weighted by Gasteiger charge is 2.47. The largest absolute Gasteiger partial charge is 0.507 e. The fourth-order valence-electron chi connectivity index (χ4n) is 4.06. The Morgan fingerprint density at radius 1 is 1.03 bits per heavy atom. The summed E-state index contributed by atoms with van der Waals surface area (Å²) in [5.41, 5.74) is 1.47. The first kappa shape index (κ1) is 24.7. The number of pyridine rings is 1. The van der Waals surface area contributed by atoms with Crippen LogP contribution in [0.15, 0.2) is 66.5 Å². The Balaban J connectivity index is 1.92. The number of aliphatic hydroxyl groups excluding tert-OH is 1. The van der Waals surface area contributed by atoms with Crippen molar-refractivity contribution >= 4 is 46.3 Å². The molecule has 184 valence electrons. The predicted molar refractivity (Wildman–Crippen MR) is 134 cm³/mol. The van der Waals surface area contributed by atoms with Crippen LogP contribution in [0.5, 0.6) is 11.5 Å². The Labute approximate surface area is 211 Å². The van der Waals surface area contributed by atoms with Crippen molar-refractivity contribution in [1.82, 2.24) is 4.98 Å². The van der Waals surface area contributed by atoms with Crippen molar-refractivity contribution in [2.45, 2.75) is 13.0 Å². The minimum absolute atomic E-state index is 0.136. The molecule has 2 heterocycles. The van der Waals surface area contributed by atoms with Gasteiger partial charge in [0.2, 0.25) is 5.91 Å². The third kappa shape index (κ3) is 4.48. The lowest BCUT2D eigenvalue weighted by Crippen LogP contribution is -2.29. The lowest BCUT2D eigenvalue weighted by molar-refractivity contribution is -0.132. The fourth-order valence-corrected chi connectivity index (χ4v) is 4.29. The lowest BCUT2D eigenvalue weighted by Gasteiger charge is -2.25. The van der Waals surface area contributed by atoms with Crippen molar-refractivity contribution in [3.63, 3.8) is 0 Å². The number of ether oxygens (including phenoxy) is 2. The van der Waals surface area contributed by atoms with E-state index in [1.807, 2.05) is 0 Å². The summed E-state index contributed by atoms with van der Waals surface area (Å²) < 4.78 is 10.6. The Bertz CT molecular complexity index is 1370. The number of aliphatic hydroxyl groups is 1. The van der Waals surface area contributed by atoms with Crippen LogP contribution in [0.2, 0.25) is 5.02 Å². The SMILES string of the molecule is COc1cc(/C(O)=C2\C(=O)C(=O)N(c3ccc(NC(C)=O)cc3)C2c2ccncc2)c(OC)cc1Cl. The van der Waals surface area contributed by atoms with E-state index in [-0.39, 0.29) is 33.6 Å². The van der Waals surface area contributed by atoms with Gasteiger partial charge in [0.25, 0.3) is 11.7 Å². The number of hydrogen-bond acceptors (Lipinski definition) is 7. The molecule has 0 spiro atoms. The molecule has 1 saturated heterocycles. The van der Waals surface area contributed by atoms with Gasteiger partial charge in [0.1, 0.15) is 17.3 Å². The maximum Gasteiger partial charge on any atom is 0.300 e. The number of nitrogens with zero attached hydrogens (tertiary/aromatic N) is 2. The summed E-state index contributed by atoms with van der Waals surface area (Å²) in [4.78, 5) is 43.3. The van der Waals surface area contributed by atoms with Gasteiger partial charge in [-0.05, 0) is 48.0 Å². The van der Waals surface area contributed by atoms with Gasteiger partial charge < -0.3 is 19.9 Å². The first-order chi connectivity index (χ1) is 17.3. The van der Waals surface area contributed by atoms with Gasteiger partial charge in [-0.3, -0.25) is 24.3 Å². The number of carbonyl (C=O) groups excluding carboxylic acids is 3. The maximum absolute atomic E-state index is 13.3. The van der Waals surface area contributed by atoms with Gasteiger partial charge in [-0.15, -0.1) is 0 Å². The molecule has 10 heteroatoms. The zero-order valence-electron chi connectivity index (χ0n) is 19.6. The average Bonchev–Trinajstić information content (AvgIpc) is 3.14. The minimum Gasteiger partial charge on any atom is -0.507 e. The van der Waals surface area contributed by atoms with Crippen LogP contribution in [0.25, 0.3) is 5.76 Å². The monoisotopic (exact) mass is 507 g/mol. The van der Waals surface area contributed by atoms with E-state index in [0.717, 1.165) is 0 Å². The molecular formula is C26H22ClN3O6. The van der Waals surface area contributed by atoms with E-state index in [2.05, 4.69) is 10.3 Å². The summed E-state index contributed by atoms with van der Waals surface area (Å²) in [6, 6.07) is 11.7. The second-order valence-corrected chi connectivity index (χ2v) is 8.27. The van der Waals surface area contributed by atoms with Crippen molar-refractivity contribution in [2.24, 2.45) is 0 Å². The van der Waals surface area contributed by atoms with Crippen LogP contribution >= 0.6 is 11.6 Å². The second kappa shape index (κ2) is 10.1. The lowest BCUT2D eigenvalue weighted by atomic mass is 9.95. The summed E-state index contributed by atoms with van der Waals surface area (Å²) in [5.74, 6) is -1.95. The molecule has 1 unspecified atom stereocenters. The van der Waals surface area contributed by atoms with Crippen LogP contribution in [0.4, 0.5) is 11.4 Å². The normalized spacial score (nSPS) is 16.7. The molecule has 2 amide bonds.